The highest BCUT2D eigenvalue weighted by Gasteiger charge is 2.54. The summed E-state index contributed by atoms with van der Waals surface area (Å²) >= 11 is 3.26. The zero-order valence-electron chi connectivity index (χ0n) is 23.1. The van der Waals surface area contributed by atoms with Crippen molar-refractivity contribution in [2.24, 2.45) is 5.16 Å². The fourth-order valence-corrected chi connectivity index (χ4v) is 7.25. The molecule has 1 aromatic carbocycles. The zero-order valence-corrected chi connectivity index (χ0v) is 25.5. The highest BCUT2D eigenvalue weighted by Crippen LogP contribution is 2.41. The first kappa shape index (κ1) is 32.1. The number of carboxylic acid groups (broad SMARTS) is 2. The van der Waals surface area contributed by atoms with E-state index in [9.17, 15) is 39.6 Å². The number of amides is 2. The van der Waals surface area contributed by atoms with Crippen molar-refractivity contribution in [2.45, 2.75) is 22.7 Å². The summed E-state index contributed by atoms with van der Waals surface area (Å²) in [5, 5.41) is 46.1. The Labute approximate surface area is 270 Å². The van der Waals surface area contributed by atoms with Gasteiger partial charge in [0.05, 0.1) is 0 Å². The summed E-state index contributed by atoms with van der Waals surface area (Å²) in [7, 11) is 0. The number of phenolic OH excluding ortho intramolecular Hbond substituents is 2. The van der Waals surface area contributed by atoms with E-state index in [1.54, 1.807) is 0 Å². The topological polar surface area (TPSA) is 303 Å². The van der Waals surface area contributed by atoms with Crippen LogP contribution in [0.1, 0.15) is 17.4 Å². The number of hydrogen-bond acceptors (Lipinski definition) is 17. The standard InChI is InChI=1S/C25H23N9O9S3/c26-13-4-14(27)31-25(30-13)46-6-9-5-44-21-16(20(38)34(21)17(9)22(39)40)32-19(37)15(10-7-45-24(28)29-10)33-43-18(23(41)42)8-1-2-11(35)12(36)3-8/h1-4,7,16,18,21,35-36H,5-6H2,(H2,28,29)(H,32,37)(H,39,40)(H,41,42)(H4,26,27,30,31)/b33-15-/t16?,18-,21+/m1/s1. The zero-order chi connectivity index (χ0) is 33.3. The molecule has 0 aliphatic carbocycles. The maximum absolute atomic E-state index is 13.4. The third-order valence-corrected chi connectivity index (χ3v) is 9.36. The number of thiazole rings is 1. The van der Waals surface area contributed by atoms with Crippen LogP contribution in [0.5, 0.6) is 11.5 Å². The number of carboxylic acids is 2. The minimum atomic E-state index is -1.83. The van der Waals surface area contributed by atoms with Crippen molar-refractivity contribution in [3.8, 4) is 11.5 Å². The largest absolute Gasteiger partial charge is 0.504 e. The first-order valence-corrected chi connectivity index (χ1v) is 15.7. The first-order valence-electron chi connectivity index (χ1n) is 12.8. The fraction of sp³-hybridized carbons (Fsp3) is 0.200. The van der Waals surface area contributed by atoms with Gasteiger partial charge in [-0.2, -0.15) is 0 Å². The molecule has 2 aliphatic rings. The molecule has 18 nitrogen and oxygen atoms in total. The lowest BCUT2D eigenvalue weighted by molar-refractivity contribution is -0.151. The van der Waals surface area contributed by atoms with Gasteiger partial charge in [-0.1, -0.05) is 23.0 Å². The molecule has 2 aliphatic heterocycles. The van der Waals surface area contributed by atoms with Crippen LogP contribution >= 0.6 is 34.9 Å². The van der Waals surface area contributed by atoms with Crippen molar-refractivity contribution < 1.29 is 44.4 Å². The number of phenols is 2. The van der Waals surface area contributed by atoms with Gasteiger partial charge in [0, 0.05) is 28.5 Å². The Hall–Kier alpha value is -5.28. The van der Waals surface area contributed by atoms with Gasteiger partial charge in [-0.05, 0) is 17.7 Å². The molecule has 0 bridgehead atoms. The lowest BCUT2D eigenvalue weighted by Crippen LogP contribution is -2.71. The minimum Gasteiger partial charge on any atom is -0.504 e. The predicted molar refractivity (Wildman–Crippen MR) is 166 cm³/mol. The van der Waals surface area contributed by atoms with Gasteiger partial charge < -0.3 is 47.8 Å². The quantitative estimate of drug-likeness (QED) is 0.0332. The van der Waals surface area contributed by atoms with Gasteiger partial charge in [0.15, 0.2) is 27.5 Å². The number of carbonyl (C=O) groups excluding carboxylic acids is 2. The van der Waals surface area contributed by atoms with Gasteiger partial charge >= 0.3 is 11.9 Å². The van der Waals surface area contributed by atoms with E-state index in [0.717, 1.165) is 40.1 Å². The Morgan fingerprint density at radius 2 is 1.83 bits per heavy atom. The molecule has 3 aromatic rings. The molecule has 0 saturated carbocycles. The molecule has 11 N–H and O–H groups in total. The average molecular weight is 690 g/mol. The Morgan fingerprint density at radius 1 is 1.11 bits per heavy atom. The second kappa shape index (κ2) is 13.0. The minimum absolute atomic E-state index is 0.0513. The van der Waals surface area contributed by atoms with Crippen molar-refractivity contribution in [1.82, 2.24) is 25.2 Å². The van der Waals surface area contributed by atoms with E-state index >= 15 is 0 Å². The fourth-order valence-electron chi connectivity index (χ4n) is 4.34. The van der Waals surface area contributed by atoms with Crippen LogP contribution in [-0.2, 0) is 24.0 Å². The summed E-state index contributed by atoms with van der Waals surface area (Å²) in [6.45, 7) is 0. The summed E-state index contributed by atoms with van der Waals surface area (Å²) in [4.78, 5) is 69.2. The van der Waals surface area contributed by atoms with E-state index < -0.39 is 58.5 Å². The van der Waals surface area contributed by atoms with Gasteiger partial charge in [-0.15, -0.1) is 23.1 Å². The number of β-lactam (4-membered cyclic amide) rings is 1. The van der Waals surface area contributed by atoms with E-state index in [1.165, 1.54) is 29.3 Å². The number of rotatable bonds is 11. The van der Waals surface area contributed by atoms with E-state index in [1.807, 2.05) is 0 Å². The maximum Gasteiger partial charge on any atom is 0.352 e. The number of nitrogen functional groups attached to an aromatic ring is 3. The molecule has 46 heavy (non-hydrogen) atoms. The Bertz CT molecular complexity index is 1800. The third kappa shape index (κ3) is 6.55. The molecule has 1 fully saturated rings. The summed E-state index contributed by atoms with van der Waals surface area (Å²) in [6.07, 6.45) is -1.83. The van der Waals surface area contributed by atoms with E-state index in [-0.39, 0.29) is 50.4 Å². The SMILES string of the molecule is Nc1cc(N)nc(SCC2=C(C(=O)O)N3C(=O)C(NC(=O)/C(=N\O[C@@H](C(=O)O)c4ccc(O)c(O)c4)c4csc(N)n4)[C@@H]3SC2)n1. The van der Waals surface area contributed by atoms with Crippen LogP contribution in [0.4, 0.5) is 16.8 Å². The van der Waals surface area contributed by atoms with Crippen molar-refractivity contribution in [1.29, 1.82) is 0 Å². The number of nitrogens with two attached hydrogens (primary N) is 3. The molecule has 4 heterocycles. The van der Waals surface area contributed by atoms with Gasteiger partial charge in [0.25, 0.3) is 11.8 Å². The Morgan fingerprint density at radius 3 is 2.43 bits per heavy atom. The number of fused-ring (bicyclic) bond motifs is 1. The number of anilines is 3. The van der Waals surface area contributed by atoms with Gasteiger partial charge in [-0.3, -0.25) is 14.5 Å². The number of aromatic nitrogens is 3. The van der Waals surface area contributed by atoms with Crippen LogP contribution in [0.2, 0.25) is 0 Å². The van der Waals surface area contributed by atoms with Crippen molar-refractivity contribution >= 4 is 81.1 Å². The second-order valence-electron chi connectivity index (χ2n) is 9.49. The van der Waals surface area contributed by atoms with Crippen molar-refractivity contribution in [3.05, 3.63) is 52.2 Å². The lowest BCUT2D eigenvalue weighted by Gasteiger charge is -2.49. The summed E-state index contributed by atoms with van der Waals surface area (Å²) in [5.41, 5.74) is 16.6. The molecule has 240 valence electrons. The number of nitrogens with one attached hydrogen (secondary N) is 1. The number of benzene rings is 1. The number of carbonyl (C=O) groups is 4. The van der Waals surface area contributed by atoms with E-state index in [2.05, 4.69) is 25.4 Å². The van der Waals surface area contributed by atoms with Crippen LogP contribution < -0.4 is 22.5 Å². The van der Waals surface area contributed by atoms with Crippen LogP contribution in [0.15, 0.2) is 51.2 Å². The van der Waals surface area contributed by atoms with Gasteiger partial charge in [0.1, 0.15) is 34.4 Å². The lowest BCUT2D eigenvalue weighted by atomic mass is 10.0. The maximum atomic E-state index is 13.4. The third-order valence-electron chi connectivity index (χ3n) is 6.41. The number of hydrogen-bond donors (Lipinski definition) is 8. The number of thioether (sulfide) groups is 2. The molecule has 0 radical (unpaired) electrons. The predicted octanol–water partition coefficient (Wildman–Crippen LogP) is 0.168. The highest BCUT2D eigenvalue weighted by atomic mass is 32.2. The monoisotopic (exact) mass is 689 g/mol. The average Bonchev–Trinajstić information content (AvgIpc) is 3.42. The molecule has 1 saturated heterocycles. The molecule has 5 rings (SSSR count). The summed E-state index contributed by atoms with van der Waals surface area (Å²) in [6, 6.07) is 3.36. The molecule has 21 heteroatoms. The Kier molecular flexibility index (Phi) is 9.07. The highest BCUT2D eigenvalue weighted by molar-refractivity contribution is 8.01. The van der Waals surface area contributed by atoms with Crippen molar-refractivity contribution in [3.63, 3.8) is 0 Å². The first-order chi connectivity index (χ1) is 21.8. The molecular formula is C25H23N9O9S3. The normalized spacial score (nSPS) is 18.4. The molecule has 1 unspecified atom stereocenters. The van der Waals surface area contributed by atoms with Gasteiger partial charge in [-0.25, -0.2) is 24.5 Å². The van der Waals surface area contributed by atoms with Crippen LogP contribution in [0.3, 0.4) is 0 Å². The van der Waals surface area contributed by atoms with Crippen LogP contribution in [-0.4, -0.2) is 92.7 Å². The van der Waals surface area contributed by atoms with Crippen molar-refractivity contribution in [2.75, 3.05) is 28.7 Å². The smallest absolute Gasteiger partial charge is 0.352 e. The van der Waals surface area contributed by atoms with E-state index in [4.69, 9.17) is 22.0 Å². The van der Waals surface area contributed by atoms with Crippen LogP contribution in [0, 0.1) is 0 Å². The number of oxime groups is 1. The Balaban J connectivity index is 1.35. The number of nitrogens with zero attached hydrogens (tertiary/aromatic N) is 5. The molecule has 2 aromatic heterocycles. The molecular weight excluding hydrogens is 667 g/mol. The molecule has 2 amide bonds. The second-order valence-corrected chi connectivity index (χ2v) is 12.4. The summed E-state index contributed by atoms with van der Waals surface area (Å²) < 4.78 is 0. The molecule has 3 atom stereocenters. The molecule has 0 spiro atoms. The van der Waals surface area contributed by atoms with E-state index in [0.29, 0.717) is 5.57 Å². The summed E-state index contributed by atoms with van der Waals surface area (Å²) in [5.74, 6) is -5.10. The number of aliphatic carboxylic acids is 2. The van der Waals surface area contributed by atoms with Gasteiger partial charge in [0.2, 0.25) is 6.10 Å². The number of aromatic hydroxyl groups is 2. The van der Waals surface area contributed by atoms with Crippen LogP contribution in [0.25, 0.3) is 0 Å².